The summed E-state index contributed by atoms with van der Waals surface area (Å²) in [6.07, 6.45) is 1.26. The van der Waals surface area contributed by atoms with Gasteiger partial charge in [0.25, 0.3) is 0 Å². The number of para-hydroxylation sites is 1. The number of likely N-dealkylation sites (tertiary alicyclic amines) is 1. The van der Waals surface area contributed by atoms with E-state index in [1.807, 2.05) is 25.1 Å². The molecule has 0 bridgehead atoms. The van der Waals surface area contributed by atoms with Crippen molar-refractivity contribution in [1.29, 1.82) is 0 Å². The molecule has 3 heteroatoms. The Morgan fingerprint density at radius 3 is 2.94 bits per heavy atom. The Bertz CT molecular complexity index is 378. The standard InChI is InChI=1S/C14H21NO2/c1-3-17-13-6-4-5-12(14(13)16)10-15-8-7-11(2)9-15/h4-6,11,16H,3,7-10H2,1-2H3. The van der Waals surface area contributed by atoms with Crippen LogP contribution in [0.3, 0.4) is 0 Å². The topological polar surface area (TPSA) is 32.7 Å². The molecule has 3 nitrogen and oxygen atoms in total. The summed E-state index contributed by atoms with van der Waals surface area (Å²) < 4.78 is 5.39. The van der Waals surface area contributed by atoms with Gasteiger partial charge in [0.1, 0.15) is 0 Å². The van der Waals surface area contributed by atoms with Crippen molar-refractivity contribution in [1.82, 2.24) is 4.90 Å². The minimum Gasteiger partial charge on any atom is -0.504 e. The number of phenols is 1. The van der Waals surface area contributed by atoms with Crippen molar-refractivity contribution >= 4 is 0 Å². The Morgan fingerprint density at radius 1 is 1.47 bits per heavy atom. The quantitative estimate of drug-likeness (QED) is 0.870. The van der Waals surface area contributed by atoms with Gasteiger partial charge in [-0.15, -0.1) is 0 Å². The number of nitrogens with zero attached hydrogens (tertiary/aromatic N) is 1. The number of ether oxygens (including phenoxy) is 1. The molecule has 2 rings (SSSR count). The second-order valence-corrected chi connectivity index (χ2v) is 4.83. The second kappa shape index (κ2) is 5.41. The van der Waals surface area contributed by atoms with Gasteiger partial charge in [0.2, 0.25) is 0 Å². The largest absolute Gasteiger partial charge is 0.504 e. The molecule has 1 aliphatic rings. The third kappa shape index (κ3) is 2.91. The molecule has 0 radical (unpaired) electrons. The molecule has 0 amide bonds. The molecular weight excluding hydrogens is 214 g/mol. The van der Waals surface area contributed by atoms with Crippen molar-refractivity contribution in [2.24, 2.45) is 5.92 Å². The van der Waals surface area contributed by atoms with Crippen molar-refractivity contribution in [2.75, 3.05) is 19.7 Å². The average molecular weight is 235 g/mol. The maximum Gasteiger partial charge on any atom is 0.162 e. The molecule has 1 aromatic carbocycles. The normalized spacial score (nSPS) is 20.7. The first kappa shape index (κ1) is 12.2. The summed E-state index contributed by atoms with van der Waals surface area (Å²) in [5, 5.41) is 10.1. The molecule has 94 valence electrons. The van der Waals surface area contributed by atoms with E-state index in [0.29, 0.717) is 18.1 Å². The fraction of sp³-hybridized carbons (Fsp3) is 0.571. The fourth-order valence-corrected chi connectivity index (χ4v) is 2.38. The SMILES string of the molecule is CCOc1cccc(CN2CCC(C)C2)c1O. The zero-order chi connectivity index (χ0) is 12.3. The summed E-state index contributed by atoms with van der Waals surface area (Å²) >= 11 is 0. The van der Waals surface area contributed by atoms with E-state index in [-0.39, 0.29) is 0 Å². The van der Waals surface area contributed by atoms with Gasteiger partial charge in [-0.25, -0.2) is 0 Å². The van der Waals surface area contributed by atoms with Gasteiger partial charge >= 0.3 is 0 Å². The summed E-state index contributed by atoms with van der Waals surface area (Å²) in [4.78, 5) is 2.38. The van der Waals surface area contributed by atoms with E-state index in [2.05, 4.69) is 11.8 Å². The van der Waals surface area contributed by atoms with E-state index < -0.39 is 0 Å². The lowest BCUT2D eigenvalue weighted by Gasteiger charge is -2.17. The van der Waals surface area contributed by atoms with Gasteiger partial charge in [0, 0.05) is 18.7 Å². The number of rotatable bonds is 4. The van der Waals surface area contributed by atoms with Gasteiger partial charge in [-0.2, -0.15) is 0 Å². The minimum absolute atomic E-state index is 0.300. The first-order valence-electron chi connectivity index (χ1n) is 6.36. The smallest absolute Gasteiger partial charge is 0.162 e. The Labute approximate surface area is 103 Å². The van der Waals surface area contributed by atoms with E-state index >= 15 is 0 Å². The molecule has 1 fully saturated rings. The van der Waals surface area contributed by atoms with Crippen LogP contribution in [-0.4, -0.2) is 29.7 Å². The molecule has 1 atom stereocenters. The van der Waals surface area contributed by atoms with E-state index in [1.165, 1.54) is 6.42 Å². The molecule has 0 aliphatic carbocycles. The maximum atomic E-state index is 10.1. The predicted octanol–water partition coefficient (Wildman–Crippen LogP) is 2.63. The zero-order valence-corrected chi connectivity index (χ0v) is 10.6. The molecule has 1 heterocycles. The van der Waals surface area contributed by atoms with Crippen LogP contribution in [0.4, 0.5) is 0 Å². The number of hydrogen-bond donors (Lipinski definition) is 1. The highest BCUT2D eigenvalue weighted by molar-refractivity contribution is 5.45. The lowest BCUT2D eigenvalue weighted by molar-refractivity contribution is 0.298. The average Bonchev–Trinajstić information content (AvgIpc) is 2.70. The Kier molecular flexibility index (Phi) is 3.89. The first-order chi connectivity index (χ1) is 8.20. The van der Waals surface area contributed by atoms with Gasteiger partial charge in [0.15, 0.2) is 11.5 Å². The number of benzene rings is 1. The van der Waals surface area contributed by atoms with Crippen LogP contribution in [0.1, 0.15) is 25.8 Å². The summed E-state index contributed by atoms with van der Waals surface area (Å²) in [5.74, 6) is 1.67. The van der Waals surface area contributed by atoms with Crippen LogP contribution < -0.4 is 4.74 Å². The molecular formula is C14H21NO2. The third-order valence-corrected chi connectivity index (χ3v) is 3.28. The molecule has 0 saturated carbocycles. The van der Waals surface area contributed by atoms with Crippen LogP contribution in [0, 0.1) is 5.92 Å². The van der Waals surface area contributed by atoms with Crippen LogP contribution >= 0.6 is 0 Å². The van der Waals surface area contributed by atoms with Crippen LogP contribution in [-0.2, 0) is 6.54 Å². The van der Waals surface area contributed by atoms with Gasteiger partial charge in [-0.1, -0.05) is 19.1 Å². The van der Waals surface area contributed by atoms with Crippen molar-refractivity contribution in [2.45, 2.75) is 26.8 Å². The highest BCUT2D eigenvalue weighted by atomic mass is 16.5. The van der Waals surface area contributed by atoms with E-state index in [4.69, 9.17) is 4.74 Å². The maximum absolute atomic E-state index is 10.1. The molecule has 1 unspecified atom stereocenters. The summed E-state index contributed by atoms with van der Waals surface area (Å²) in [6, 6.07) is 5.73. The lowest BCUT2D eigenvalue weighted by atomic mass is 10.1. The van der Waals surface area contributed by atoms with Gasteiger partial charge < -0.3 is 9.84 Å². The highest BCUT2D eigenvalue weighted by Crippen LogP contribution is 2.31. The predicted molar refractivity (Wildman–Crippen MR) is 68.3 cm³/mol. The van der Waals surface area contributed by atoms with Crippen LogP contribution in [0.2, 0.25) is 0 Å². The van der Waals surface area contributed by atoms with E-state index in [1.54, 1.807) is 0 Å². The van der Waals surface area contributed by atoms with Crippen molar-refractivity contribution in [3.63, 3.8) is 0 Å². The van der Waals surface area contributed by atoms with Crippen molar-refractivity contribution in [3.05, 3.63) is 23.8 Å². The Morgan fingerprint density at radius 2 is 2.29 bits per heavy atom. The number of phenolic OH excluding ortho intramolecular Hbond substituents is 1. The molecule has 17 heavy (non-hydrogen) atoms. The molecule has 1 aromatic rings. The molecule has 1 saturated heterocycles. The number of hydrogen-bond acceptors (Lipinski definition) is 3. The van der Waals surface area contributed by atoms with Crippen LogP contribution in [0.15, 0.2) is 18.2 Å². The fourth-order valence-electron chi connectivity index (χ4n) is 2.38. The van der Waals surface area contributed by atoms with Gasteiger partial charge in [-0.3, -0.25) is 4.90 Å². The van der Waals surface area contributed by atoms with Crippen molar-refractivity contribution in [3.8, 4) is 11.5 Å². The summed E-state index contributed by atoms with van der Waals surface area (Å²) in [6.45, 7) is 7.84. The van der Waals surface area contributed by atoms with E-state index in [0.717, 1.165) is 31.1 Å². The molecule has 0 aromatic heterocycles. The first-order valence-corrected chi connectivity index (χ1v) is 6.36. The summed E-state index contributed by atoms with van der Waals surface area (Å²) in [5.41, 5.74) is 0.963. The molecule has 1 aliphatic heterocycles. The zero-order valence-electron chi connectivity index (χ0n) is 10.6. The molecule has 1 N–H and O–H groups in total. The van der Waals surface area contributed by atoms with Crippen LogP contribution in [0.5, 0.6) is 11.5 Å². The lowest BCUT2D eigenvalue weighted by Crippen LogP contribution is -2.19. The second-order valence-electron chi connectivity index (χ2n) is 4.83. The minimum atomic E-state index is 0.300. The Balaban J connectivity index is 2.07. The Hall–Kier alpha value is -1.22. The van der Waals surface area contributed by atoms with Crippen LogP contribution in [0.25, 0.3) is 0 Å². The van der Waals surface area contributed by atoms with Gasteiger partial charge in [-0.05, 0) is 31.9 Å². The third-order valence-electron chi connectivity index (χ3n) is 3.28. The molecule has 0 spiro atoms. The van der Waals surface area contributed by atoms with E-state index in [9.17, 15) is 5.11 Å². The monoisotopic (exact) mass is 235 g/mol. The van der Waals surface area contributed by atoms with Gasteiger partial charge in [0.05, 0.1) is 6.61 Å². The van der Waals surface area contributed by atoms with Crippen molar-refractivity contribution < 1.29 is 9.84 Å². The summed E-state index contributed by atoms with van der Waals surface area (Å²) in [7, 11) is 0. The number of aromatic hydroxyl groups is 1. The highest BCUT2D eigenvalue weighted by Gasteiger charge is 2.20.